The molecule has 0 saturated heterocycles. The number of rotatable bonds is 4. The first-order chi connectivity index (χ1) is 9.50. The summed E-state index contributed by atoms with van der Waals surface area (Å²) in [5.74, 6) is 0.0671. The van der Waals surface area contributed by atoms with Gasteiger partial charge in [-0.25, -0.2) is 4.98 Å². The second kappa shape index (κ2) is 5.66. The summed E-state index contributed by atoms with van der Waals surface area (Å²) in [5.41, 5.74) is -0.228. The Hall–Kier alpha value is -2.48. The van der Waals surface area contributed by atoms with Crippen LogP contribution in [0.25, 0.3) is 0 Å². The van der Waals surface area contributed by atoms with Crippen molar-refractivity contribution in [1.29, 1.82) is 0 Å². The number of aromatic amines is 1. The number of nitrogens with one attached hydrogen (secondary N) is 1. The maximum atomic E-state index is 12.2. The number of nitro groups is 1. The molecule has 104 valence electrons. The van der Waals surface area contributed by atoms with Crippen LogP contribution in [-0.4, -0.2) is 38.0 Å². The van der Waals surface area contributed by atoms with Crippen LogP contribution in [0.15, 0.2) is 24.5 Å². The van der Waals surface area contributed by atoms with E-state index < -0.39 is 10.8 Å². The van der Waals surface area contributed by atoms with Gasteiger partial charge in [0, 0.05) is 13.1 Å². The number of nitrogens with zero attached hydrogens (tertiary/aromatic N) is 4. The highest BCUT2D eigenvalue weighted by molar-refractivity contribution is 6.35. The first-order valence-electron chi connectivity index (χ1n) is 5.53. The molecule has 0 atom stereocenters. The molecule has 1 aromatic carbocycles. The first kappa shape index (κ1) is 13.9. The van der Waals surface area contributed by atoms with Gasteiger partial charge in [0.2, 0.25) is 0 Å². The molecule has 0 aliphatic heterocycles. The molecule has 0 spiro atoms. The highest BCUT2D eigenvalue weighted by atomic mass is 35.5. The van der Waals surface area contributed by atoms with Crippen LogP contribution in [0.4, 0.5) is 5.69 Å². The zero-order valence-electron chi connectivity index (χ0n) is 10.4. The van der Waals surface area contributed by atoms with Gasteiger partial charge >= 0.3 is 0 Å². The van der Waals surface area contributed by atoms with Crippen LogP contribution in [0.2, 0.25) is 5.02 Å². The number of hydrogen-bond acceptors (Lipinski definition) is 5. The predicted octanol–water partition coefficient (Wildman–Crippen LogP) is 1.64. The average Bonchev–Trinajstić information content (AvgIpc) is 2.90. The summed E-state index contributed by atoms with van der Waals surface area (Å²) >= 11 is 5.90. The zero-order valence-corrected chi connectivity index (χ0v) is 11.2. The van der Waals surface area contributed by atoms with Gasteiger partial charge in [-0.05, 0) is 6.07 Å². The number of aromatic nitrogens is 3. The number of amides is 1. The molecule has 1 amide bonds. The maximum Gasteiger partial charge on any atom is 0.288 e. The minimum Gasteiger partial charge on any atom is -0.334 e. The number of nitro benzene ring substituents is 1. The molecule has 0 aliphatic carbocycles. The molecule has 1 aromatic heterocycles. The normalized spacial score (nSPS) is 10.3. The van der Waals surface area contributed by atoms with Crippen molar-refractivity contribution in [3.8, 4) is 0 Å². The predicted molar refractivity (Wildman–Crippen MR) is 70.3 cm³/mol. The molecule has 1 heterocycles. The van der Waals surface area contributed by atoms with E-state index in [4.69, 9.17) is 11.6 Å². The number of H-pyrrole nitrogens is 1. The number of carbonyl (C=O) groups excluding carboxylic acids is 1. The molecule has 9 heteroatoms. The van der Waals surface area contributed by atoms with Gasteiger partial charge in [0.15, 0.2) is 0 Å². The van der Waals surface area contributed by atoms with Crippen molar-refractivity contribution in [1.82, 2.24) is 20.1 Å². The molecular formula is C11H10ClN5O3. The van der Waals surface area contributed by atoms with Crippen LogP contribution in [0.3, 0.4) is 0 Å². The SMILES string of the molecule is CN(Cc1ncn[nH]1)C(=O)c1cccc([N+](=O)[O-])c1Cl. The Bertz CT molecular complexity index is 644. The number of benzene rings is 1. The van der Waals surface area contributed by atoms with E-state index in [1.807, 2.05) is 0 Å². The minimum atomic E-state index is -0.629. The Kier molecular flexibility index (Phi) is 3.94. The summed E-state index contributed by atoms with van der Waals surface area (Å²) in [7, 11) is 1.54. The van der Waals surface area contributed by atoms with E-state index in [0.29, 0.717) is 5.82 Å². The topological polar surface area (TPSA) is 105 Å². The van der Waals surface area contributed by atoms with Gasteiger partial charge in [0.25, 0.3) is 11.6 Å². The summed E-state index contributed by atoms with van der Waals surface area (Å²) in [5, 5.41) is 16.9. The van der Waals surface area contributed by atoms with Gasteiger partial charge in [-0.3, -0.25) is 20.0 Å². The van der Waals surface area contributed by atoms with Crippen molar-refractivity contribution in [2.75, 3.05) is 7.05 Å². The number of hydrogen-bond donors (Lipinski definition) is 1. The minimum absolute atomic E-state index is 0.0721. The molecule has 20 heavy (non-hydrogen) atoms. The van der Waals surface area contributed by atoms with Crippen LogP contribution in [-0.2, 0) is 6.54 Å². The van der Waals surface area contributed by atoms with Gasteiger partial charge in [-0.1, -0.05) is 17.7 Å². The lowest BCUT2D eigenvalue weighted by Crippen LogP contribution is -2.27. The lowest BCUT2D eigenvalue weighted by atomic mass is 10.1. The Balaban J connectivity index is 2.25. The summed E-state index contributed by atoms with van der Waals surface area (Å²) < 4.78 is 0. The summed E-state index contributed by atoms with van der Waals surface area (Å²) in [6.07, 6.45) is 1.33. The van der Waals surface area contributed by atoms with E-state index >= 15 is 0 Å². The molecule has 0 bridgehead atoms. The maximum absolute atomic E-state index is 12.2. The molecular weight excluding hydrogens is 286 g/mol. The Morgan fingerprint density at radius 3 is 2.90 bits per heavy atom. The zero-order chi connectivity index (χ0) is 14.7. The van der Waals surface area contributed by atoms with E-state index in [2.05, 4.69) is 15.2 Å². The van der Waals surface area contributed by atoms with E-state index in [-0.39, 0.29) is 22.8 Å². The number of carbonyl (C=O) groups is 1. The average molecular weight is 296 g/mol. The fourth-order valence-electron chi connectivity index (χ4n) is 1.64. The smallest absolute Gasteiger partial charge is 0.288 e. The highest BCUT2D eigenvalue weighted by Crippen LogP contribution is 2.28. The third kappa shape index (κ3) is 2.75. The fraction of sp³-hybridized carbons (Fsp3) is 0.182. The number of halogens is 1. The van der Waals surface area contributed by atoms with Crippen molar-refractivity contribution in [3.63, 3.8) is 0 Å². The fourth-order valence-corrected chi connectivity index (χ4v) is 1.91. The van der Waals surface area contributed by atoms with Crippen LogP contribution in [0.1, 0.15) is 16.2 Å². The summed E-state index contributed by atoms with van der Waals surface area (Å²) in [6, 6.07) is 4.10. The van der Waals surface area contributed by atoms with Crippen LogP contribution in [0.5, 0.6) is 0 Å². The second-order valence-corrected chi connectivity index (χ2v) is 4.37. The second-order valence-electron chi connectivity index (χ2n) is 3.99. The molecule has 0 radical (unpaired) electrons. The monoisotopic (exact) mass is 295 g/mol. The van der Waals surface area contributed by atoms with E-state index in [1.165, 1.54) is 29.4 Å². The molecule has 0 saturated carbocycles. The third-order valence-electron chi connectivity index (χ3n) is 2.60. The lowest BCUT2D eigenvalue weighted by Gasteiger charge is -2.16. The highest BCUT2D eigenvalue weighted by Gasteiger charge is 2.22. The lowest BCUT2D eigenvalue weighted by molar-refractivity contribution is -0.384. The van der Waals surface area contributed by atoms with Gasteiger partial charge in [0.05, 0.1) is 17.0 Å². The Morgan fingerprint density at radius 1 is 1.55 bits per heavy atom. The van der Waals surface area contributed by atoms with Gasteiger partial charge in [0.1, 0.15) is 17.2 Å². The standard InChI is InChI=1S/C11H10ClN5O3/c1-16(5-9-13-6-14-15-9)11(18)7-3-2-4-8(10(7)12)17(19)20/h2-4,6H,5H2,1H3,(H,13,14,15). The van der Waals surface area contributed by atoms with Crippen LogP contribution >= 0.6 is 11.6 Å². The third-order valence-corrected chi connectivity index (χ3v) is 3.00. The Morgan fingerprint density at radius 2 is 2.30 bits per heavy atom. The molecule has 1 N–H and O–H groups in total. The molecule has 8 nitrogen and oxygen atoms in total. The Labute approximate surface area is 118 Å². The van der Waals surface area contributed by atoms with Crippen molar-refractivity contribution >= 4 is 23.2 Å². The van der Waals surface area contributed by atoms with E-state index in [0.717, 1.165) is 0 Å². The largest absolute Gasteiger partial charge is 0.334 e. The molecule has 0 aliphatic rings. The summed E-state index contributed by atoms with van der Waals surface area (Å²) in [4.78, 5) is 27.6. The van der Waals surface area contributed by atoms with Gasteiger partial charge in [-0.15, -0.1) is 0 Å². The van der Waals surface area contributed by atoms with Crippen LogP contribution < -0.4 is 0 Å². The van der Waals surface area contributed by atoms with Gasteiger partial charge < -0.3 is 4.90 Å². The quantitative estimate of drug-likeness (QED) is 0.682. The van der Waals surface area contributed by atoms with Crippen molar-refractivity contribution in [2.24, 2.45) is 0 Å². The molecule has 2 rings (SSSR count). The van der Waals surface area contributed by atoms with Crippen molar-refractivity contribution in [2.45, 2.75) is 6.54 Å². The molecule has 0 unspecified atom stereocenters. The van der Waals surface area contributed by atoms with Crippen molar-refractivity contribution < 1.29 is 9.72 Å². The van der Waals surface area contributed by atoms with Crippen LogP contribution in [0, 0.1) is 10.1 Å². The van der Waals surface area contributed by atoms with Crippen molar-refractivity contribution in [3.05, 3.63) is 51.1 Å². The van der Waals surface area contributed by atoms with E-state index in [9.17, 15) is 14.9 Å². The first-order valence-corrected chi connectivity index (χ1v) is 5.91. The van der Waals surface area contributed by atoms with Gasteiger partial charge in [-0.2, -0.15) is 5.10 Å². The van der Waals surface area contributed by atoms with E-state index in [1.54, 1.807) is 7.05 Å². The molecule has 2 aromatic rings. The summed E-state index contributed by atoms with van der Waals surface area (Å²) in [6.45, 7) is 0.192. The molecule has 0 fully saturated rings.